The molecule has 7 heteroatoms. The Labute approximate surface area is 230 Å². The molecule has 3 aromatic carbocycles. The van der Waals surface area contributed by atoms with E-state index in [0.29, 0.717) is 35.8 Å². The molecule has 6 rings (SSSR count). The summed E-state index contributed by atoms with van der Waals surface area (Å²) in [6, 6.07) is 22.9. The van der Waals surface area contributed by atoms with E-state index in [1.165, 1.54) is 18.1 Å². The van der Waals surface area contributed by atoms with Gasteiger partial charge in [-0.3, -0.25) is 14.6 Å². The van der Waals surface area contributed by atoms with Gasteiger partial charge < -0.3 is 16.0 Å². The van der Waals surface area contributed by atoms with Crippen molar-refractivity contribution in [2.75, 3.05) is 32.7 Å². The van der Waals surface area contributed by atoms with Crippen molar-refractivity contribution in [3.63, 3.8) is 0 Å². The predicted molar refractivity (Wildman–Crippen MR) is 153 cm³/mol. The Morgan fingerprint density at radius 3 is 2.62 bits per heavy atom. The fourth-order valence-electron chi connectivity index (χ4n) is 6.33. The summed E-state index contributed by atoms with van der Waals surface area (Å²) in [6.45, 7) is 9.42. The molecule has 0 aliphatic carbocycles. The Balaban J connectivity index is 1.09. The van der Waals surface area contributed by atoms with Gasteiger partial charge in [0, 0.05) is 81.6 Å². The van der Waals surface area contributed by atoms with Crippen LogP contribution in [0.3, 0.4) is 0 Å². The number of piperazine rings is 2. The van der Waals surface area contributed by atoms with Crippen molar-refractivity contribution in [2.24, 2.45) is 0 Å². The monoisotopic (exact) mass is 527 g/mol. The average Bonchev–Trinajstić information content (AvgIpc) is 3.56. The second kappa shape index (κ2) is 11.6. The van der Waals surface area contributed by atoms with Gasteiger partial charge in [-0.2, -0.15) is 0 Å². The molecular weight excluding hydrogens is 489 g/mol. The molecular formula is C32H38FN5O. The standard InChI is InChI=1S/C32H38FN5O/c1-22-18-37(11-10-34-22)19-24-4-2-6-26(12-24)30-14-23(8-9-31(30)33)16-36-32(39)27-7-3-5-25(13-27)20-38-21-28-15-29(38)17-35-28/h2-9,12-14,22,28-29,34-35H,10-11,15-21H2,1H3,(H,36,39)/t22-,28-,29-/m0/s1. The third-order valence-corrected chi connectivity index (χ3v) is 8.33. The molecule has 0 saturated carbocycles. The van der Waals surface area contributed by atoms with Gasteiger partial charge in [0.1, 0.15) is 5.82 Å². The van der Waals surface area contributed by atoms with Gasteiger partial charge in [-0.05, 0) is 65.9 Å². The zero-order chi connectivity index (χ0) is 26.8. The Kier molecular flexibility index (Phi) is 7.75. The Morgan fingerprint density at radius 1 is 0.974 bits per heavy atom. The van der Waals surface area contributed by atoms with Crippen LogP contribution >= 0.6 is 0 Å². The maximum Gasteiger partial charge on any atom is 0.251 e. The van der Waals surface area contributed by atoms with Crippen molar-refractivity contribution < 1.29 is 9.18 Å². The average molecular weight is 528 g/mol. The molecule has 0 unspecified atom stereocenters. The molecule has 39 heavy (non-hydrogen) atoms. The van der Waals surface area contributed by atoms with Gasteiger partial charge in [-0.25, -0.2) is 4.39 Å². The van der Waals surface area contributed by atoms with E-state index in [4.69, 9.17) is 0 Å². The van der Waals surface area contributed by atoms with Gasteiger partial charge in [-0.1, -0.05) is 36.4 Å². The van der Waals surface area contributed by atoms with Gasteiger partial charge in [-0.15, -0.1) is 0 Å². The minimum atomic E-state index is -0.253. The Bertz CT molecular complexity index is 1330. The molecule has 2 bridgehead atoms. The first-order valence-corrected chi connectivity index (χ1v) is 14.2. The van der Waals surface area contributed by atoms with Crippen LogP contribution in [0, 0.1) is 5.82 Å². The van der Waals surface area contributed by atoms with Crippen LogP contribution in [-0.4, -0.2) is 66.6 Å². The number of carbonyl (C=O) groups excluding carboxylic acids is 1. The zero-order valence-corrected chi connectivity index (χ0v) is 22.6. The number of hydrogen-bond acceptors (Lipinski definition) is 5. The van der Waals surface area contributed by atoms with Crippen LogP contribution in [-0.2, 0) is 19.6 Å². The maximum absolute atomic E-state index is 14.9. The van der Waals surface area contributed by atoms with E-state index in [-0.39, 0.29) is 11.7 Å². The third kappa shape index (κ3) is 6.23. The van der Waals surface area contributed by atoms with Gasteiger partial charge in [0.25, 0.3) is 5.91 Å². The van der Waals surface area contributed by atoms with Crippen LogP contribution in [0.4, 0.5) is 4.39 Å². The number of fused-ring (bicyclic) bond motifs is 2. The minimum absolute atomic E-state index is 0.111. The fraction of sp³-hybridized carbons (Fsp3) is 0.406. The summed E-state index contributed by atoms with van der Waals surface area (Å²) < 4.78 is 14.9. The second-order valence-electron chi connectivity index (χ2n) is 11.4. The van der Waals surface area contributed by atoms with Gasteiger partial charge in [0.2, 0.25) is 0 Å². The summed E-state index contributed by atoms with van der Waals surface area (Å²) in [7, 11) is 0. The molecule has 6 nitrogen and oxygen atoms in total. The van der Waals surface area contributed by atoms with Gasteiger partial charge in [0.15, 0.2) is 0 Å². The SMILES string of the molecule is C[C@H]1CN(Cc2cccc(-c3cc(CNC(=O)c4cccc(CN5C[C@@H]6C[C@H]5CN6)c4)ccc3F)c2)CCN1. The first-order valence-electron chi connectivity index (χ1n) is 14.2. The lowest BCUT2D eigenvalue weighted by molar-refractivity contribution is 0.0950. The maximum atomic E-state index is 14.9. The van der Waals surface area contributed by atoms with Gasteiger partial charge in [0.05, 0.1) is 0 Å². The van der Waals surface area contributed by atoms with Crippen LogP contribution in [0.25, 0.3) is 11.1 Å². The molecule has 3 atom stereocenters. The first-order chi connectivity index (χ1) is 19.0. The topological polar surface area (TPSA) is 59.6 Å². The summed E-state index contributed by atoms with van der Waals surface area (Å²) >= 11 is 0. The largest absolute Gasteiger partial charge is 0.348 e. The summed E-state index contributed by atoms with van der Waals surface area (Å²) in [6.07, 6.45) is 1.22. The molecule has 3 fully saturated rings. The number of carbonyl (C=O) groups is 1. The van der Waals surface area contributed by atoms with Crippen LogP contribution in [0.2, 0.25) is 0 Å². The Morgan fingerprint density at radius 2 is 1.82 bits per heavy atom. The highest BCUT2D eigenvalue weighted by atomic mass is 19.1. The van der Waals surface area contributed by atoms with E-state index in [1.54, 1.807) is 6.07 Å². The molecule has 204 valence electrons. The number of hydrogen-bond donors (Lipinski definition) is 3. The lowest BCUT2D eigenvalue weighted by Gasteiger charge is -2.31. The number of amides is 1. The van der Waals surface area contributed by atoms with Crippen molar-refractivity contribution in [3.8, 4) is 11.1 Å². The summed E-state index contributed by atoms with van der Waals surface area (Å²) in [4.78, 5) is 17.9. The molecule has 0 radical (unpaired) electrons. The molecule has 0 spiro atoms. The number of likely N-dealkylation sites (tertiary alicyclic amines) is 1. The molecule has 3 aromatic rings. The van der Waals surface area contributed by atoms with Crippen LogP contribution in [0.5, 0.6) is 0 Å². The van der Waals surface area contributed by atoms with E-state index in [2.05, 4.69) is 50.9 Å². The number of halogens is 1. The van der Waals surface area contributed by atoms with Crippen LogP contribution in [0.15, 0.2) is 66.7 Å². The minimum Gasteiger partial charge on any atom is -0.348 e. The smallest absolute Gasteiger partial charge is 0.251 e. The van der Waals surface area contributed by atoms with E-state index in [9.17, 15) is 9.18 Å². The van der Waals surface area contributed by atoms with Crippen molar-refractivity contribution in [3.05, 3.63) is 94.8 Å². The predicted octanol–water partition coefficient (Wildman–Crippen LogP) is 3.76. The first kappa shape index (κ1) is 26.1. The summed E-state index contributed by atoms with van der Waals surface area (Å²) in [5.41, 5.74) is 5.30. The second-order valence-corrected chi connectivity index (χ2v) is 11.4. The quantitative estimate of drug-likeness (QED) is 0.417. The van der Waals surface area contributed by atoms with Crippen molar-refractivity contribution in [1.29, 1.82) is 0 Å². The van der Waals surface area contributed by atoms with Crippen molar-refractivity contribution >= 4 is 5.91 Å². The zero-order valence-electron chi connectivity index (χ0n) is 22.6. The highest BCUT2D eigenvalue weighted by Gasteiger charge is 2.37. The van der Waals surface area contributed by atoms with E-state index >= 15 is 0 Å². The number of nitrogens with one attached hydrogen (secondary N) is 3. The summed E-state index contributed by atoms with van der Waals surface area (Å²) in [5.74, 6) is -0.365. The lowest BCUT2D eigenvalue weighted by atomic mass is 10.00. The van der Waals surface area contributed by atoms with E-state index in [0.717, 1.165) is 62.5 Å². The molecule has 0 aromatic heterocycles. The molecule has 3 aliphatic rings. The third-order valence-electron chi connectivity index (χ3n) is 8.33. The van der Waals surface area contributed by atoms with Crippen LogP contribution in [0.1, 0.15) is 40.4 Å². The molecule has 3 N–H and O–H groups in total. The van der Waals surface area contributed by atoms with Crippen molar-refractivity contribution in [1.82, 2.24) is 25.8 Å². The number of benzene rings is 3. The molecule has 1 amide bonds. The summed E-state index contributed by atoms with van der Waals surface area (Å²) in [5, 5.41) is 10.0. The molecule has 3 saturated heterocycles. The molecule has 3 aliphatic heterocycles. The van der Waals surface area contributed by atoms with Crippen molar-refractivity contribution in [2.45, 2.75) is 51.1 Å². The Hall–Kier alpha value is -3.10. The fourth-order valence-corrected chi connectivity index (χ4v) is 6.33. The van der Waals surface area contributed by atoms with E-state index < -0.39 is 0 Å². The normalized spacial score (nSPS) is 23.3. The van der Waals surface area contributed by atoms with Crippen LogP contribution < -0.4 is 16.0 Å². The number of nitrogens with zero attached hydrogens (tertiary/aromatic N) is 2. The highest BCUT2D eigenvalue weighted by Crippen LogP contribution is 2.27. The lowest BCUT2D eigenvalue weighted by Crippen LogP contribution is -2.48. The molecule has 3 heterocycles. The van der Waals surface area contributed by atoms with E-state index in [1.807, 2.05) is 36.4 Å². The number of rotatable bonds is 8. The highest BCUT2D eigenvalue weighted by molar-refractivity contribution is 5.94. The van der Waals surface area contributed by atoms with Gasteiger partial charge >= 0.3 is 0 Å².